The van der Waals surface area contributed by atoms with Gasteiger partial charge in [-0.3, -0.25) is 4.79 Å². The second-order valence-corrected chi connectivity index (χ2v) is 6.20. The molecule has 0 saturated carbocycles. The number of thiophene rings is 1. The summed E-state index contributed by atoms with van der Waals surface area (Å²) in [6.45, 7) is 0. The number of aromatic nitrogens is 2. The van der Waals surface area contributed by atoms with Crippen LogP contribution >= 0.6 is 34.5 Å². The van der Waals surface area contributed by atoms with E-state index < -0.39 is 0 Å². The summed E-state index contributed by atoms with van der Waals surface area (Å²) >= 11 is 13.5. The standard InChI is InChI=1S/C16H10Cl2N2O2S/c1-22-10-6-4-9(5-7-10)12-15(17)20-16(18)13(19-12)14(21)11-3-2-8-23-11/h2-8H,1H3. The van der Waals surface area contributed by atoms with Gasteiger partial charge in [-0.05, 0) is 35.7 Å². The Balaban J connectivity index is 2.07. The highest BCUT2D eigenvalue weighted by Crippen LogP contribution is 2.29. The van der Waals surface area contributed by atoms with Crippen LogP contribution in [-0.2, 0) is 0 Å². The van der Waals surface area contributed by atoms with E-state index in [4.69, 9.17) is 27.9 Å². The van der Waals surface area contributed by atoms with Crippen molar-refractivity contribution in [3.8, 4) is 17.0 Å². The molecule has 0 amide bonds. The van der Waals surface area contributed by atoms with Crippen LogP contribution in [0.15, 0.2) is 41.8 Å². The van der Waals surface area contributed by atoms with Crippen molar-refractivity contribution >= 4 is 40.3 Å². The first-order valence-corrected chi connectivity index (χ1v) is 8.19. The van der Waals surface area contributed by atoms with Crippen molar-refractivity contribution in [3.05, 3.63) is 62.7 Å². The minimum absolute atomic E-state index is 0.00865. The molecule has 0 radical (unpaired) electrons. The maximum atomic E-state index is 12.5. The summed E-state index contributed by atoms with van der Waals surface area (Å²) in [7, 11) is 1.59. The number of hydrogen-bond donors (Lipinski definition) is 0. The van der Waals surface area contributed by atoms with E-state index in [1.165, 1.54) is 11.3 Å². The third kappa shape index (κ3) is 3.22. The van der Waals surface area contributed by atoms with Crippen LogP contribution in [0.2, 0.25) is 10.3 Å². The van der Waals surface area contributed by atoms with E-state index >= 15 is 0 Å². The quantitative estimate of drug-likeness (QED) is 0.626. The molecule has 3 aromatic rings. The molecule has 0 unspecified atom stereocenters. The third-order valence-electron chi connectivity index (χ3n) is 3.13. The Morgan fingerprint density at radius 2 is 1.83 bits per heavy atom. The van der Waals surface area contributed by atoms with Gasteiger partial charge < -0.3 is 4.74 Å². The molecule has 3 rings (SSSR count). The van der Waals surface area contributed by atoms with Gasteiger partial charge in [0.1, 0.15) is 17.1 Å². The maximum absolute atomic E-state index is 12.5. The molecular weight excluding hydrogens is 355 g/mol. The number of nitrogens with zero attached hydrogens (tertiary/aromatic N) is 2. The molecule has 0 atom stereocenters. The number of ketones is 1. The number of carbonyl (C=O) groups excluding carboxylic acids is 1. The molecule has 2 aromatic heterocycles. The van der Waals surface area contributed by atoms with Crippen LogP contribution in [0.3, 0.4) is 0 Å². The highest BCUT2D eigenvalue weighted by Gasteiger charge is 2.20. The normalized spacial score (nSPS) is 10.6. The first-order chi connectivity index (χ1) is 11.1. The molecule has 4 nitrogen and oxygen atoms in total. The second kappa shape index (κ2) is 6.66. The summed E-state index contributed by atoms with van der Waals surface area (Å²) in [5, 5.41) is 1.95. The lowest BCUT2D eigenvalue weighted by Gasteiger charge is -2.08. The smallest absolute Gasteiger partial charge is 0.224 e. The molecule has 0 aliphatic heterocycles. The van der Waals surface area contributed by atoms with E-state index in [0.717, 1.165) is 5.56 Å². The fraction of sp³-hybridized carbons (Fsp3) is 0.0625. The highest BCUT2D eigenvalue weighted by molar-refractivity contribution is 7.12. The SMILES string of the molecule is COc1ccc(-c2nc(C(=O)c3cccs3)c(Cl)nc2Cl)cc1. The average molecular weight is 365 g/mol. The Bertz CT molecular complexity index is 849. The second-order valence-electron chi connectivity index (χ2n) is 4.54. The van der Waals surface area contributed by atoms with Gasteiger partial charge in [0.05, 0.1) is 12.0 Å². The predicted octanol–water partition coefficient (Wildman–Crippen LogP) is 4.75. The van der Waals surface area contributed by atoms with Crippen molar-refractivity contribution in [1.82, 2.24) is 9.97 Å². The van der Waals surface area contributed by atoms with Crippen molar-refractivity contribution in [2.75, 3.05) is 7.11 Å². The van der Waals surface area contributed by atoms with Crippen molar-refractivity contribution in [1.29, 1.82) is 0 Å². The summed E-state index contributed by atoms with van der Waals surface area (Å²) in [6.07, 6.45) is 0. The van der Waals surface area contributed by atoms with E-state index in [2.05, 4.69) is 9.97 Å². The van der Waals surface area contributed by atoms with Crippen molar-refractivity contribution in [2.45, 2.75) is 0 Å². The van der Waals surface area contributed by atoms with Gasteiger partial charge in [-0.25, -0.2) is 9.97 Å². The molecule has 7 heteroatoms. The molecule has 0 fully saturated rings. The summed E-state index contributed by atoms with van der Waals surface area (Å²) < 4.78 is 5.12. The molecule has 0 N–H and O–H groups in total. The highest BCUT2D eigenvalue weighted by atomic mass is 35.5. The van der Waals surface area contributed by atoms with Gasteiger partial charge in [0, 0.05) is 5.56 Å². The number of ether oxygens (including phenoxy) is 1. The summed E-state index contributed by atoms with van der Waals surface area (Å²) in [4.78, 5) is 21.4. The van der Waals surface area contributed by atoms with Crippen LogP contribution in [-0.4, -0.2) is 22.9 Å². The third-order valence-corrected chi connectivity index (χ3v) is 4.53. The lowest BCUT2D eigenvalue weighted by Crippen LogP contribution is -2.06. The Labute approximate surface area is 146 Å². The lowest BCUT2D eigenvalue weighted by atomic mass is 10.1. The predicted molar refractivity (Wildman–Crippen MR) is 91.8 cm³/mol. The Kier molecular flexibility index (Phi) is 4.61. The van der Waals surface area contributed by atoms with Crippen LogP contribution in [0.4, 0.5) is 0 Å². The molecule has 0 aliphatic carbocycles. The molecule has 23 heavy (non-hydrogen) atoms. The van der Waals surface area contributed by atoms with E-state index in [1.54, 1.807) is 43.5 Å². The number of carbonyl (C=O) groups is 1. The van der Waals surface area contributed by atoms with E-state index in [9.17, 15) is 4.79 Å². The fourth-order valence-corrected chi connectivity index (χ4v) is 3.15. The van der Waals surface area contributed by atoms with Gasteiger partial charge in [-0.1, -0.05) is 29.3 Å². The van der Waals surface area contributed by atoms with E-state index in [-0.39, 0.29) is 21.8 Å². The van der Waals surface area contributed by atoms with Crippen LogP contribution in [0.1, 0.15) is 15.4 Å². The number of halogens is 2. The van der Waals surface area contributed by atoms with E-state index in [0.29, 0.717) is 16.3 Å². The van der Waals surface area contributed by atoms with Gasteiger partial charge in [-0.15, -0.1) is 11.3 Å². The first-order valence-electron chi connectivity index (χ1n) is 6.56. The van der Waals surface area contributed by atoms with Crippen LogP contribution in [0, 0.1) is 0 Å². The van der Waals surface area contributed by atoms with Crippen molar-refractivity contribution < 1.29 is 9.53 Å². The largest absolute Gasteiger partial charge is 0.497 e. The van der Waals surface area contributed by atoms with Gasteiger partial charge in [-0.2, -0.15) is 0 Å². The minimum Gasteiger partial charge on any atom is -0.497 e. The summed E-state index contributed by atoms with van der Waals surface area (Å²) in [5.74, 6) is 0.436. The molecular formula is C16H10Cl2N2O2S. The van der Waals surface area contributed by atoms with Crippen LogP contribution < -0.4 is 4.74 Å². The zero-order chi connectivity index (χ0) is 16.4. The number of benzene rings is 1. The molecule has 0 bridgehead atoms. The fourth-order valence-electron chi connectivity index (χ4n) is 2.00. The topological polar surface area (TPSA) is 52.1 Å². The van der Waals surface area contributed by atoms with Gasteiger partial charge in [0.2, 0.25) is 5.78 Å². The zero-order valence-electron chi connectivity index (χ0n) is 11.9. The maximum Gasteiger partial charge on any atom is 0.224 e. The Morgan fingerprint density at radius 1 is 1.09 bits per heavy atom. The van der Waals surface area contributed by atoms with Crippen molar-refractivity contribution in [3.63, 3.8) is 0 Å². The minimum atomic E-state index is -0.274. The number of hydrogen-bond acceptors (Lipinski definition) is 5. The monoisotopic (exact) mass is 364 g/mol. The van der Waals surface area contributed by atoms with Gasteiger partial charge in [0.25, 0.3) is 0 Å². The molecule has 116 valence electrons. The van der Waals surface area contributed by atoms with E-state index in [1.807, 2.05) is 5.38 Å². The molecule has 0 spiro atoms. The summed E-state index contributed by atoms with van der Waals surface area (Å²) in [5.41, 5.74) is 1.21. The van der Waals surface area contributed by atoms with Crippen LogP contribution in [0.5, 0.6) is 5.75 Å². The van der Waals surface area contributed by atoms with Gasteiger partial charge in [0.15, 0.2) is 10.3 Å². The molecule has 0 aliphatic rings. The molecule has 2 heterocycles. The Morgan fingerprint density at radius 3 is 2.43 bits per heavy atom. The Hall–Kier alpha value is -1.95. The van der Waals surface area contributed by atoms with Crippen molar-refractivity contribution in [2.24, 2.45) is 0 Å². The zero-order valence-corrected chi connectivity index (χ0v) is 14.2. The molecule has 0 saturated heterocycles. The number of methoxy groups -OCH3 is 1. The lowest BCUT2D eigenvalue weighted by molar-refractivity contribution is 0.103. The summed E-state index contributed by atoms with van der Waals surface area (Å²) in [6, 6.07) is 10.7. The molecule has 1 aromatic carbocycles. The average Bonchev–Trinajstić information content (AvgIpc) is 3.09. The van der Waals surface area contributed by atoms with Gasteiger partial charge >= 0.3 is 0 Å². The first kappa shape index (κ1) is 15.9. The van der Waals surface area contributed by atoms with Crippen LogP contribution in [0.25, 0.3) is 11.3 Å². The number of rotatable bonds is 4.